The minimum Gasteiger partial charge on any atom is -0.346 e. The molecule has 1 aliphatic rings. The van der Waals surface area contributed by atoms with E-state index < -0.39 is 0 Å². The van der Waals surface area contributed by atoms with E-state index in [2.05, 4.69) is 26.8 Å². The molecule has 7 heteroatoms. The van der Waals surface area contributed by atoms with Crippen molar-refractivity contribution in [3.63, 3.8) is 0 Å². The van der Waals surface area contributed by atoms with E-state index in [4.69, 9.17) is 0 Å². The predicted octanol–water partition coefficient (Wildman–Crippen LogP) is 2.52. The fourth-order valence-corrected chi connectivity index (χ4v) is 3.92. The zero-order valence-corrected chi connectivity index (χ0v) is 15.5. The van der Waals surface area contributed by atoms with Crippen LogP contribution in [0.25, 0.3) is 0 Å². The summed E-state index contributed by atoms with van der Waals surface area (Å²) >= 11 is 1.73. The Balaban J connectivity index is 1.74. The Hall–Kier alpha value is -2.02. The third-order valence-electron chi connectivity index (χ3n) is 4.51. The van der Waals surface area contributed by atoms with Gasteiger partial charge in [-0.2, -0.15) is 0 Å². The van der Waals surface area contributed by atoms with Crippen molar-refractivity contribution in [1.29, 1.82) is 0 Å². The van der Waals surface area contributed by atoms with Crippen LogP contribution < -0.4 is 4.90 Å². The maximum absolute atomic E-state index is 12.9. The molecular weight excluding hydrogens is 322 g/mol. The zero-order chi connectivity index (χ0) is 17.3. The van der Waals surface area contributed by atoms with E-state index >= 15 is 0 Å². The van der Waals surface area contributed by atoms with Gasteiger partial charge in [-0.05, 0) is 34.1 Å². The van der Waals surface area contributed by atoms with Crippen LogP contribution in [0.2, 0.25) is 0 Å². The van der Waals surface area contributed by atoms with Gasteiger partial charge in [-0.25, -0.2) is 15.0 Å². The molecule has 2 aromatic heterocycles. The Bertz CT molecular complexity index is 718. The summed E-state index contributed by atoms with van der Waals surface area (Å²) in [5, 5.41) is 1.06. The molecule has 24 heavy (non-hydrogen) atoms. The summed E-state index contributed by atoms with van der Waals surface area (Å²) in [4.78, 5) is 31.4. The molecule has 1 aliphatic heterocycles. The van der Waals surface area contributed by atoms with Crippen LogP contribution in [0.4, 0.5) is 5.13 Å². The predicted molar refractivity (Wildman–Crippen MR) is 95.8 cm³/mol. The number of amides is 1. The first-order valence-corrected chi connectivity index (χ1v) is 9.05. The molecule has 0 atom stereocenters. The fraction of sp³-hybridized carbons (Fsp3) is 0.529. The number of rotatable bonds is 2. The first-order chi connectivity index (χ1) is 11.5. The van der Waals surface area contributed by atoms with E-state index in [0.717, 1.165) is 48.3 Å². The molecule has 0 spiro atoms. The molecule has 2 aromatic rings. The largest absolute Gasteiger partial charge is 0.346 e. The number of aryl methyl sites for hydroxylation is 4. The number of nitrogens with zero attached hydrogens (tertiary/aromatic N) is 5. The molecule has 6 nitrogen and oxygen atoms in total. The normalized spacial score (nSPS) is 15.5. The van der Waals surface area contributed by atoms with Crippen molar-refractivity contribution in [1.82, 2.24) is 19.9 Å². The molecule has 128 valence electrons. The van der Waals surface area contributed by atoms with E-state index in [1.165, 1.54) is 11.2 Å². The molecule has 0 N–H and O–H groups in total. The SMILES string of the molecule is Cc1nc(N2CCCN(C(=O)c3c(C)ncnc3C)CC2)sc1C. The molecule has 0 unspecified atom stereocenters. The van der Waals surface area contributed by atoms with Gasteiger partial charge in [-0.15, -0.1) is 11.3 Å². The third kappa shape index (κ3) is 3.26. The Morgan fingerprint density at radius 1 is 1.00 bits per heavy atom. The molecular formula is C17H23N5OS. The van der Waals surface area contributed by atoms with Gasteiger partial charge in [0, 0.05) is 31.1 Å². The van der Waals surface area contributed by atoms with Crippen LogP contribution in [-0.2, 0) is 0 Å². The quantitative estimate of drug-likeness (QED) is 0.837. The highest BCUT2D eigenvalue weighted by molar-refractivity contribution is 7.15. The van der Waals surface area contributed by atoms with Crippen molar-refractivity contribution in [2.45, 2.75) is 34.1 Å². The molecule has 1 saturated heterocycles. The molecule has 1 fully saturated rings. The van der Waals surface area contributed by atoms with E-state index in [9.17, 15) is 4.79 Å². The van der Waals surface area contributed by atoms with Gasteiger partial charge in [-0.3, -0.25) is 4.79 Å². The third-order valence-corrected chi connectivity index (χ3v) is 5.64. The topological polar surface area (TPSA) is 62.2 Å². The van der Waals surface area contributed by atoms with E-state index in [1.54, 1.807) is 11.3 Å². The minimum absolute atomic E-state index is 0.0407. The second-order valence-electron chi connectivity index (χ2n) is 6.19. The van der Waals surface area contributed by atoms with Gasteiger partial charge in [0.05, 0.1) is 22.6 Å². The van der Waals surface area contributed by atoms with E-state index in [-0.39, 0.29) is 5.91 Å². The van der Waals surface area contributed by atoms with Crippen molar-refractivity contribution in [3.8, 4) is 0 Å². The lowest BCUT2D eigenvalue weighted by Crippen LogP contribution is -2.36. The van der Waals surface area contributed by atoms with Crippen LogP contribution in [-0.4, -0.2) is 51.9 Å². The number of carbonyl (C=O) groups excluding carboxylic acids is 1. The molecule has 0 radical (unpaired) electrons. The smallest absolute Gasteiger partial charge is 0.257 e. The Kier molecular flexibility index (Phi) is 4.80. The number of hydrogen-bond acceptors (Lipinski definition) is 6. The lowest BCUT2D eigenvalue weighted by Gasteiger charge is -2.22. The molecule has 0 aromatic carbocycles. The molecule has 3 heterocycles. The average Bonchev–Trinajstić information content (AvgIpc) is 2.76. The van der Waals surface area contributed by atoms with E-state index in [1.807, 2.05) is 25.7 Å². The summed E-state index contributed by atoms with van der Waals surface area (Å²) in [6.07, 6.45) is 2.45. The van der Waals surface area contributed by atoms with Crippen LogP contribution in [0.15, 0.2) is 6.33 Å². The van der Waals surface area contributed by atoms with Crippen LogP contribution in [0.5, 0.6) is 0 Å². The summed E-state index contributed by atoms with van der Waals surface area (Å²) in [7, 11) is 0. The molecule has 3 rings (SSSR count). The number of anilines is 1. The maximum Gasteiger partial charge on any atom is 0.257 e. The van der Waals surface area contributed by atoms with Gasteiger partial charge in [0.2, 0.25) is 0 Å². The zero-order valence-electron chi connectivity index (χ0n) is 14.7. The summed E-state index contributed by atoms with van der Waals surface area (Å²) in [5.41, 5.74) is 3.24. The van der Waals surface area contributed by atoms with Gasteiger partial charge in [0.15, 0.2) is 5.13 Å². The van der Waals surface area contributed by atoms with Gasteiger partial charge >= 0.3 is 0 Å². The highest BCUT2D eigenvalue weighted by Gasteiger charge is 2.24. The number of thiazole rings is 1. The molecule has 0 bridgehead atoms. The van der Waals surface area contributed by atoms with Gasteiger partial charge in [-0.1, -0.05) is 0 Å². The Morgan fingerprint density at radius 3 is 2.33 bits per heavy atom. The highest BCUT2D eigenvalue weighted by atomic mass is 32.1. The number of hydrogen-bond donors (Lipinski definition) is 0. The average molecular weight is 345 g/mol. The monoisotopic (exact) mass is 345 g/mol. The highest BCUT2D eigenvalue weighted by Crippen LogP contribution is 2.26. The van der Waals surface area contributed by atoms with E-state index in [0.29, 0.717) is 12.1 Å². The molecule has 0 saturated carbocycles. The first-order valence-electron chi connectivity index (χ1n) is 8.24. The second-order valence-corrected chi connectivity index (χ2v) is 7.37. The Morgan fingerprint density at radius 2 is 1.71 bits per heavy atom. The van der Waals surface area contributed by atoms with Crippen molar-refractivity contribution < 1.29 is 4.79 Å². The fourth-order valence-electron chi connectivity index (χ4n) is 2.96. The van der Waals surface area contributed by atoms with Crippen molar-refractivity contribution in [2.75, 3.05) is 31.1 Å². The summed E-state index contributed by atoms with van der Waals surface area (Å²) in [6, 6.07) is 0. The molecule has 1 amide bonds. The van der Waals surface area contributed by atoms with Crippen LogP contribution in [0.1, 0.15) is 38.7 Å². The van der Waals surface area contributed by atoms with Gasteiger partial charge < -0.3 is 9.80 Å². The lowest BCUT2D eigenvalue weighted by molar-refractivity contribution is 0.0764. The van der Waals surface area contributed by atoms with Crippen LogP contribution in [0, 0.1) is 27.7 Å². The summed E-state index contributed by atoms with van der Waals surface area (Å²) < 4.78 is 0. The minimum atomic E-state index is 0.0407. The van der Waals surface area contributed by atoms with Crippen molar-refractivity contribution in [3.05, 3.63) is 33.8 Å². The number of aromatic nitrogens is 3. The van der Waals surface area contributed by atoms with Crippen LogP contribution in [0.3, 0.4) is 0 Å². The summed E-state index contributed by atoms with van der Waals surface area (Å²) in [6.45, 7) is 11.1. The number of carbonyl (C=O) groups is 1. The van der Waals surface area contributed by atoms with Gasteiger partial charge in [0.1, 0.15) is 6.33 Å². The van der Waals surface area contributed by atoms with Crippen molar-refractivity contribution >= 4 is 22.4 Å². The summed E-state index contributed by atoms with van der Waals surface area (Å²) in [5.74, 6) is 0.0407. The van der Waals surface area contributed by atoms with Crippen LogP contribution >= 0.6 is 11.3 Å². The lowest BCUT2D eigenvalue weighted by atomic mass is 10.1. The maximum atomic E-state index is 12.9. The Labute approximate surface area is 146 Å². The standard InChI is InChI=1S/C17H23N5OS/c1-11-14(4)24-17(20-11)22-7-5-6-21(8-9-22)16(23)15-12(2)18-10-19-13(15)3/h10H,5-9H2,1-4H3. The van der Waals surface area contributed by atoms with Crippen molar-refractivity contribution in [2.24, 2.45) is 0 Å². The second kappa shape index (κ2) is 6.84. The first kappa shape index (κ1) is 16.8. The van der Waals surface area contributed by atoms with Gasteiger partial charge in [0.25, 0.3) is 5.91 Å². The molecule has 0 aliphatic carbocycles.